The molecule has 0 bridgehead atoms. The van der Waals surface area contributed by atoms with Crippen LogP contribution in [0.4, 0.5) is 0 Å². The van der Waals surface area contributed by atoms with E-state index >= 15 is 0 Å². The standard InChI is InChI=1S/C17H17ClN2S/c1-11(19)8-13-6-7-14(18)10-16(13)21-17-9-12-4-2-3-5-15(12)20-17/h2-7,9-11,20H,8,19H2,1H3. The second-order valence-electron chi connectivity index (χ2n) is 5.26. The van der Waals surface area contributed by atoms with E-state index < -0.39 is 0 Å². The molecule has 0 amide bonds. The van der Waals surface area contributed by atoms with Gasteiger partial charge in [-0.2, -0.15) is 0 Å². The summed E-state index contributed by atoms with van der Waals surface area (Å²) < 4.78 is 0. The van der Waals surface area contributed by atoms with E-state index in [9.17, 15) is 0 Å². The molecule has 0 saturated heterocycles. The van der Waals surface area contributed by atoms with Crippen LogP contribution < -0.4 is 5.73 Å². The predicted octanol–water partition coefficient (Wildman–Crippen LogP) is 4.86. The Labute approximate surface area is 133 Å². The lowest BCUT2D eigenvalue weighted by Gasteiger charge is -2.11. The van der Waals surface area contributed by atoms with Gasteiger partial charge in [-0.3, -0.25) is 0 Å². The van der Waals surface area contributed by atoms with Crippen molar-refractivity contribution in [2.45, 2.75) is 29.3 Å². The molecule has 21 heavy (non-hydrogen) atoms. The van der Waals surface area contributed by atoms with Gasteiger partial charge < -0.3 is 10.7 Å². The van der Waals surface area contributed by atoms with Gasteiger partial charge in [0, 0.05) is 26.9 Å². The van der Waals surface area contributed by atoms with Crippen molar-refractivity contribution in [1.29, 1.82) is 0 Å². The van der Waals surface area contributed by atoms with Gasteiger partial charge in [-0.25, -0.2) is 0 Å². The lowest BCUT2D eigenvalue weighted by atomic mass is 10.1. The van der Waals surface area contributed by atoms with Crippen LogP contribution in [0.3, 0.4) is 0 Å². The number of aromatic amines is 1. The number of H-pyrrole nitrogens is 1. The first-order chi connectivity index (χ1) is 10.1. The molecule has 0 aliphatic carbocycles. The highest BCUT2D eigenvalue weighted by Crippen LogP contribution is 2.34. The molecule has 1 unspecified atom stereocenters. The summed E-state index contributed by atoms with van der Waals surface area (Å²) in [4.78, 5) is 4.59. The minimum Gasteiger partial charge on any atom is -0.349 e. The predicted molar refractivity (Wildman–Crippen MR) is 91.2 cm³/mol. The average Bonchev–Trinajstić information content (AvgIpc) is 2.83. The van der Waals surface area contributed by atoms with E-state index in [1.54, 1.807) is 11.8 Å². The molecular weight excluding hydrogens is 300 g/mol. The van der Waals surface area contributed by atoms with Crippen LogP contribution in [0.25, 0.3) is 10.9 Å². The molecule has 0 aliphatic rings. The van der Waals surface area contributed by atoms with Gasteiger partial charge in [0.05, 0.1) is 5.03 Å². The van der Waals surface area contributed by atoms with E-state index in [1.165, 1.54) is 10.9 Å². The lowest BCUT2D eigenvalue weighted by Crippen LogP contribution is -2.18. The van der Waals surface area contributed by atoms with E-state index in [2.05, 4.69) is 29.2 Å². The van der Waals surface area contributed by atoms with Crippen molar-refractivity contribution in [2.75, 3.05) is 0 Å². The fourth-order valence-corrected chi connectivity index (χ4v) is 3.65. The maximum atomic E-state index is 6.14. The van der Waals surface area contributed by atoms with Gasteiger partial charge in [0.25, 0.3) is 0 Å². The summed E-state index contributed by atoms with van der Waals surface area (Å²) in [5.41, 5.74) is 8.32. The molecule has 3 N–H and O–H groups in total. The minimum atomic E-state index is 0.133. The zero-order valence-electron chi connectivity index (χ0n) is 11.8. The fraction of sp³-hybridized carbons (Fsp3) is 0.176. The Hall–Kier alpha value is -1.42. The van der Waals surface area contributed by atoms with Crippen LogP contribution in [0.5, 0.6) is 0 Å². The highest BCUT2D eigenvalue weighted by molar-refractivity contribution is 7.99. The van der Waals surface area contributed by atoms with Gasteiger partial charge in [-0.1, -0.05) is 47.6 Å². The van der Waals surface area contributed by atoms with E-state index in [1.807, 2.05) is 31.2 Å². The van der Waals surface area contributed by atoms with Crippen molar-refractivity contribution in [1.82, 2.24) is 4.98 Å². The van der Waals surface area contributed by atoms with Gasteiger partial charge in [0.1, 0.15) is 0 Å². The number of para-hydroxylation sites is 1. The van der Waals surface area contributed by atoms with Gasteiger partial charge in [-0.15, -0.1) is 0 Å². The molecule has 108 valence electrons. The SMILES string of the molecule is CC(N)Cc1ccc(Cl)cc1Sc1cc2ccccc2[nH]1. The summed E-state index contributed by atoms with van der Waals surface area (Å²) in [6.45, 7) is 2.02. The molecule has 3 aromatic rings. The quantitative estimate of drug-likeness (QED) is 0.721. The molecule has 0 aliphatic heterocycles. The number of aromatic nitrogens is 1. The Balaban J connectivity index is 1.94. The van der Waals surface area contributed by atoms with Crippen molar-refractivity contribution < 1.29 is 0 Å². The largest absolute Gasteiger partial charge is 0.349 e. The Morgan fingerprint density at radius 1 is 1.19 bits per heavy atom. The third kappa shape index (κ3) is 3.43. The maximum absolute atomic E-state index is 6.14. The molecule has 4 heteroatoms. The molecule has 0 saturated carbocycles. The van der Waals surface area contributed by atoms with Crippen molar-refractivity contribution >= 4 is 34.3 Å². The minimum absolute atomic E-state index is 0.133. The Morgan fingerprint density at radius 3 is 2.76 bits per heavy atom. The molecule has 2 aromatic carbocycles. The number of benzene rings is 2. The second-order valence-corrected chi connectivity index (χ2v) is 6.78. The summed E-state index contributed by atoms with van der Waals surface area (Å²) in [6, 6.07) is 16.6. The molecule has 0 radical (unpaired) electrons. The molecular formula is C17H17ClN2S. The lowest BCUT2D eigenvalue weighted by molar-refractivity contribution is 0.729. The molecule has 1 aromatic heterocycles. The molecule has 3 rings (SSSR count). The Morgan fingerprint density at radius 2 is 2.00 bits per heavy atom. The Bertz CT molecular complexity index is 731. The zero-order valence-corrected chi connectivity index (χ0v) is 13.3. The highest BCUT2D eigenvalue weighted by atomic mass is 35.5. The van der Waals surface area contributed by atoms with Crippen LogP contribution in [0.15, 0.2) is 58.5 Å². The van der Waals surface area contributed by atoms with Crippen molar-refractivity contribution in [3.63, 3.8) is 0 Å². The number of fused-ring (bicyclic) bond motifs is 1. The summed E-state index contributed by atoms with van der Waals surface area (Å²) in [5, 5.41) is 3.09. The monoisotopic (exact) mass is 316 g/mol. The number of nitrogens with two attached hydrogens (primary N) is 1. The van der Waals surface area contributed by atoms with Crippen LogP contribution >= 0.6 is 23.4 Å². The van der Waals surface area contributed by atoms with Gasteiger partial charge in [0.15, 0.2) is 0 Å². The van der Waals surface area contributed by atoms with Crippen LogP contribution in [0, 0.1) is 0 Å². The van der Waals surface area contributed by atoms with E-state index in [-0.39, 0.29) is 6.04 Å². The van der Waals surface area contributed by atoms with Gasteiger partial charge in [-0.05, 0) is 43.2 Å². The van der Waals surface area contributed by atoms with Crippen LogP contribution in [0.2, 0.25) is 5.02 Å². The molecule has 0 fully saturated rings. The maximum Gasteiger partial charge on any atom is 0.0780 e. The normalized spacial score (nSPS) is 12.7. The third-order valence-electron chi connectivity index (χ3n) is 3.30. The Kier molecular flexibility index (Phi) is 4.24. The van der Waals surface area contributed by atoms with Crippen LogP contribution in [-0.2, 0) is 6.42 Å². The molecule has 1 heterocycles. The average molecular weight is 317 g/mol. The number of hydrogen-bond donors (Lipinski definition) is 2. The van der Waals surface area contributed by atoms with Crippen molar-refractivity contribution in [2.24, 2.45) is 5.73 Å². The molecule has 2 nitrogen and oxygen atoms in total. The number of hydrogen-bond acceptors (Lipinski definition) is 2. The third-order valence-corrected chi connectivity index (χ3v) is 4.57. The van der Waals surface area contributed by atoms with E-state index in [4.69, 9.17) is 17.3 Å². The van der Waals surface area contributed by atoms with Crippen molar-refractivity contribution in [3.8, 4) is 0 Å². The topological polar surface area (TPSA) is 41.8 Å². The first-order valence-corrected chi connectivity index (χ1v) is 8.11. The smallest absolute Gasteiger partial charge is 0.0780 e. The molecule has 0 spiro atoms. The second kappa shape index (κ2) is 6.14. The number of halogens is 1. The zero-order chi connectivity index (χ0) is 14.8. The first-order valence-electron chi connectivity index (χ1n) is 6.91. The first kappa shape index (κ1) is 14.5. The van der Waals surface area contributed by atoms with E-state index in [0.717, 1.165) is 26.9 Å². The van der Waals surface area contributed by atoms with Crippen LogP contribution in [-0.4, -0.2) is 11.0 Å². The van der Waals surface area contributed by atoms with E-state index in [0.29, 0.717) is 0 Å². The summed E-state index contributed by atoms with van der Waals surface area (Å²) >= 11 is 7.84. The number of rotatable bonds is 4. The summed E-state index contributed by atoms with van der Waals surface area (Å²) in [5.74, 6) is 0. The van der Waals surface area contributed by atoms with Gasteiger partial charge in [0.2, 0.25) is 0 Å². The highest BCUT2D eigenvalue weighted by Gasteiger charge is 2.09. The summed E-state index contributed by atoms with van der Waals surface area (Å²) in [7, 11) is 0. The van der Waals surface area contributed by atoms with Crippen LogP contribution in [0.1, 0.15) is 12.5 Å². The summed E-state index contributed by atoms with van der Waals surface area (Å²) in [6.07, 6.45) is 0.847. The van der Waals surface area contributed by atoms with Gasteiger partial charge >= 0.3 is 0 Å². The number of nitrogens with one attached hydrogen (secondary N) is 1. The fourth-order valence-electron chi connectivity index (χ4n) is 2.36. The molecule has 1 atom stereocenters. The van der Waals surface area contributed by atoms with Crippen molar-refractivity contribution in [3.05, 3.63) is 59.1 Å².